The Kier molecular flexibility index (Phi) is 7.56. The normalized spacial score (nSPS) is 17.5. The van der Waals surface area contributed by atoms with Gasteiger partial charge in [-0.1, -0.05) is 20.8 Å². The number of ether oxygens (including phenoxy) is 2. The van der Waals surface area contributed by atoms with Crippen LogP contribution in [0.15, 0.2) is 29.1 Å². The molecule has 0 amide bonds. The Labute approximate surface area is 206 Å². The third-order valence-corrected chi connectivity index (χ3v) is 7.19. The number of rotatable bonds is 10. The van der Waals surface area contributed by atoms with Crippen LogP contribution < -0.4 is 10.3 Å². The predicted octanol–water partition coefficient (Wildman–Crippen LogP) is 4.05. The zero-order valence-corrected chi connectivity index (χ0v) is 21.7. The van der Waals surface area contributed by atoms with Crippen molar-refractivity contribution in [1.82, 2.24) is 30.1 Å². The lowest BCUT2D eigenvalue weighted by molar-refractivity contribution is 0.0368. The number of aromatic amines is 1. The largest absolute Gasteiger partial charge is 0.497 e. The first kappa shape index (κ1) is 25.3. The fraction of sp³-hybridized carbons (Fsp3) is 0.615. The zero-order chi connectivity index (χ0) is 25.2. The molecule has 9 heteroatoms. The van der Waals surface area contributed by atoms with E-state index in [1.807, 2.05) is 28.9 Å². The number of aromatic nitrogens is 5. The summed E-state index contributed by atoms with van der Waals surface area (Å²) in [4.78, 5) is 18.5. The molecule has 0 unspecified atom stereocenters. The van der Waals surface area contributed by atoms with Crippen LogP contribution in [0.1, 0.15) is 71.3 Å². The lowest BCUT2D eigenvalue weighted by atomic mass is 9.97. The molecule has 1 N–H and O–H groups in total. The summed E-state index contributed by atoms with van der Waals surface area (Å²) in [5.74, 6) is 1.76. The molecule has 4 rings (SSSR count). The van der Waals surface area contributed by atoms with E-state index in [2.05, 4.69) is 60.0 Å². The Hall–Kier alpha value is -2.78. The molecule has 1 aromatic carbocycles. The SMILES string of the molecule is CCC(C)(C)n1nnnc1[C@H](C(C)C)N(Cc1cc2ccc(OC)cc2[nH]c1=O)C[C@@H]1CCCO1. The van der Waals surface area contributed by atoms with Gasteiger partial charge in [-0.3, -0.25) is 9.69 Å². The number of fused-ring (bicyclic) bond motifs is 1. The summed E-state index contributed by atoms with van der Waals surface area (Å²) in [5, 5.41) is 13.9. The zero-order valence-electron chi connectivity index (χ0n) is 21.7. The summed E-state index contributed by atoms with van der Waals surface area (Å²) in [6.07, 6.45) is 3.10. The second-order valence-electron chi connectivity index (χ2n) is 10.4. The monoisotopic (exact) mass is 482 g/mol. The maximum Gasteiger partial charge on any atom is 0.252 e. The van der Waals surface area contributed by atoms with E-state index >= 15 is 0 Å². The number of hydrogen-bond donors (Lipinski definition) is 1. The van der Waals surface area contributed by atoms with Crippen LogP contribution >= 0.6 is 0 Å². The van der Waals surface area contributed by atoms with Gasteiger partial charge in [0.25, 0.3) is 5.56 Å². The van der Waals surface area contributed by atoms with Gasteiger partial charge in [0.2, 0.25) is 0 Å². The van der Waals surface area contributed by atoms with Gasteiger partial charge in [0.15, 0.2) is 5.82 Å². The van der Waals surface area contributed by atoms with Crippen molar-refractivity contribution in [3.05, 3.63) is 46.0 Å². The van der Waals surface area contributed by atoms with Crippen LogP contribution in [0.2, 0.25) is 0 Å². The van der Waals surface area contributed by atoms with Crippen molar-refractivity contribution in [2.75, 3.05) is 20.3 Å². The number of tetrazole rings is 1. The van der Waals surface area contributed by atoms with Gasteiger partial charge >= 0.3 is 0 Å². The summed E-state index contributed by atoms with van der Waals surface area (Å²) < 4.78 is 13.3. The van der Waals surface area contributed by atoms with Crippen LogP contribution in [0.3, 0.4) is 0 Å². The minimum absolute atomic E-state index is 0.0778. The molecule has 0 radical (unpaired) electrons. The summed E-state index contributed by atoms with van der Waals surface area (Å²) in [6, 6.07) is 7.63. The van der Waals surface area contributed by atoms with Crippen LogP contribution in [-0.4, -0.2) is 56.5 Å². The van der Waals surface area contributed by atoms with Crippen LogP contribution in [0.25, 0.3) is 10.9 Å². The Morgan fingerprint density at radius 2 is 2.11 bits per heavy atom. The molecular weight excluding hydrogens is 444 g/mol. The molecule has 3 heterocycles. The summed E-state index contributed by atoms with van der Waals surface area (Å²) >= 11 is 0. The molecule has 0 saturated carbocycles. The average molecular weight is 483 g/mol. The van der Waals surface area contributed by atoms with Gasteiger partial charge in [0.05, 0.1) is 30.3 Å². The van der Waals surface area contributed by atoms with Crippen LogP contribution in [0.5, 0.6) is 5.75 Å². The van der Waals surface area contributed by atoms with E-state index in [0.717, 1.165) is 42.6 Å². The Morgan fingerprint density at radius 1 is 1.31 bits per heavy atom. The number of pyridine rings is 1. The molecule has 0 bridgehead atoms. The van der Waals surface area contributed by atoms with Crippen molar-refractivity contribution in [2.45, 2.75) is 78.1 Å². The van der Waals surface area contributed by atoms with Gasteiger partial charge in [0.1, 0.15) is 5.75 Å². The van der Waals surface area contributed by atoms with Gasteiger partial charge in [-0.05, 0) is 73.0 Å². The van der Waals surface area contributed by atoms with Crippen molar-refractivity contribution in [2.24, 2.45) is 5.92 Å². The predicted molar refractivity (Wildman–Crippen MR) is 136 cm³/mol. The number of methoxy groups -OCH3 is 1. The number of nitrogens with one attached hydrogen (secondary N) is 1. The standard InChI is InChI=1S/C26H38N6O3/c1-7-26(4,5)32-24(28-29-30-32)23(17(2)3)31(16-21-9-8-12-35-21)15-19-13-18-10-11-20(34-6)14-22(18)27-25(19)33/h10-11,13-14,17,21,23H,7-9,12,15-16H2,1-6H3,(H,27,33)/t21-,23-/m0/s1. The molecule has 190 valence electrons. The topological polar surface area (TPSA) is 98.2 Å². The third-order valence-electron chi connectivity index (χ3n) is 7.19. The highest BCUT2D eigenvalue weighted by atomic mass is 16.5. The highest BCUT2D eigenvalue weighted by Gasteiger charge is 2.35. The second-order valence-corrected chi connectivity index (χ2v) is 10.4. The van der Waals surface area contributed by atoms with Gasteiger partial charge in [0, 0.05) is 31.3 Å². The molecule has 9 nitrogen and oxygen atoms in total. The summed E-state index contributed by atoms with van der Waals surface area (Å²) in [5.41, 5.74) is 1.15. The minimum Gasteiger partial charge on any atom is -0.497 e. The van der Waals surface area contributed by atoms with E-state index < -0.39 is 0 Å². The summed E-state index contributed by atoms with van der Waals surface area (Å²) in [6.45, 7) is 12.8. The van der Waals surface area contributed by atoms with E-state index in [0.29, 0.717) is 24.4 Å². The maximum atomic E-state index is 13.2. The smallest absolute Gasteiger partial charge is 0.252 e. The van der Waals surface area contributed by atoms with E-state index in [4.69, 9.17) is 9.47 Å². The van der Waals surface area contributed by atoms with E-state index in [9.17, 15) is 4.79 Å². The van der Waals surface area contributed by atoms with Crippen LogP contribution in [0.4, 0.5) is 0 Å². The van der Waals surface area contributed by atoms with E-state index in [-0.39, 0.29) is 29.2 Å². The van der Waals surface area contributed by atoms with Crippen molar-refractivity contribution >= 4 is 10.9 Å². The molecule has 0 spiro atoms. The van der Waals surface area contributed by atoms with Crippen molar-refractivity contribution in [3.8, 4) is 5.75 Å². The van der Waals surface area contributed by atoms with Gasteiger partial charge < -0.3 is 14.5 Å². The molecular formula is C26H38N6O3. The van der Waals surface area contributed by atoms with E-state index in [1.54, 1.807) is 7.11 Å². The van der Waals surface area contributed by atoms with Crippen molar-refractivity contribution in [1.29, 1.82) is 0 Å². The van der Waals surface area contributed by atoms with Crippen LogP contribution in [-0.2, 0) is 16.8 Å². The molecule has 1 aliphatic heterocycles. The number of H-pyrrole nitrogens is 1. The lowest BCUT2D eigenvalue weighted by Gasteiger charge is -2.36. The minimum atomic E-state index is -0.221. The second kappa shape index (κ2) is 10.5. The Bertz CT molecular complexity index is 1200. The molecule has 1 saturated heterocycles. The molecule has 35 heavy (non-hydrogen) atoms. The first-order valence-corrected chi connectivity index (χ1v) is 12.6. The van der Waals surface area contributed by atoms with Gasteiger partial charge in [-0.15, -0.1) is 5.10 Å². The van der Waals surface area contributed by atoms with E-state index in [1.165, 1.54) is 0 Å². The van der Waals surface area contributed by atoms with Crippen LogP contribution in [0, 0.1) is 5.92 Å². The quantitative estimate of drug-likeness (QED) is 0.465. The lowest BCUT2D eigenvalue weighted by Crippen LogP contribution is -2.41. The maximum absolute atomic E-state index is 13.2. The highest BCUT2D eigenvalue weighted by Crippen LogP contribution is 2.33. The Balaban J connectivity index is 1.75. The molecule has 0 aliphatic carbocycles. The number of nitrogens with zero attached hydrogens (tertiary/aromatic N) is 5. The first-order valence-electron chi connectivity index (χ1n) is 12.6. The number of benzene rings is 1. The molecule has 2 aromatic heterocycles. The molecule has 3 aromatic rings. The highest BCUT2D eigenvalue weighted by molar-refractivity contribution is 5.80. The Morgan fingerprint density at radius 3 is 2.77 bits per heavy atom. The average Bonchev–Trinajstić information content (AvgIpc) is 3.52. The third kappa shape index (κ3) is 5.41. The summed E-state index contributed by atoms with van der Waals surface area (Å²) in [7, 11) is 1.62. The van der Waals surface area contributed by atoms with Crippen molar-refractivity contribution in [3.63, 3.8) is 0 Å². The molecule has 2 atom stereocenters. The number of hydrogen-bond acceptors (Lipinski definition) is 7. The van der Waals surface area contributed by atoms with Gasteiger partial charge in [-0.2, -0.15) is 0 Å². The van der Waals surface area contributed by atoms with Gasteiger partial charge in [-0.25, -0.2) is 4.68 Å². The fourth-order valence-corrected chi connectivity index (χ4v) is 4.86. The molecule has 1 aliphatic rings. The first-order chi connectivity index (χ1) is 16.7. The molecule has 1 fully saturated rings. The fourth-order valence-electron chi connectivity index (χ4n) is 4.86. The van der Waals surface area contributed by atoms with Crippen molar-refractivity contribution < 1.29 is 9.47 Å².